The van der Waals surface area contributed by atoms with Crippen molar-refractivity contribution in [2.75, 3.05) is 23.4 Å². The zero-order valence-corrected chi connectivity index (χ0v) is 12.7. The minimum absolute atomic E-state index is 0.0393. The number of amides is 4. The topological polar surface area (TPSA) is 171 Å². The van der Waals surface area contributed by atoms with Crippen LogP contribution in [0.25, 0.3) is 0 Å². The Bertz CT molecular complexity index is 623. The summed E-state index contributed by atoms with van der Waals surface area (Å²) < 4.78 is 4.67. The summed E-state index contributed by atoms with van der Waals surface area (Å²) in [6, 6.07) is 0.654. The third-order valence-corrected chi connectivity index (χ3v) is 3.51. The van der Waals surface area contributed by atoms with E-state index in [1.807, 2.05) is 0 Å². The summed E-state index contributed by atoms with van der Waals surface area (Å²) in [6.07, 6.45) is 1.66. The quantitative estimate of drug-likeness (QED) is 0.193. The average Bonchev–Trinajstić information content (AvgIpc) is 2.50. The predicted octanol–water partition coefficient (Wildman–Crippen LogP) is -0.287. The molecule has 4 amide bonds. The predicted molar refractivity (Wildman–Crippen MR) is 82.1 cm³/mol. The first-order valence-corrected chi connectivity index (χ1v) is 6.95. The van der Waals surface area contributed by atoms with Crippen molar-refractivity contribution < 1.29 is 19.1 Å². The lowest BCUT2D eigenvalue weighted by Crippen LogP contribution is -2.43. The number of carbonyl (C=O) groups is 3. The molecule has 0 bridgehead atoms. The number of hydrogen-bond donors (Lipinski definition) is 4. The number of methoxy groups -OCH3 is 1. The van der Waals surface area contributed by atoms with Crippen LogP contribution in [0.1, 0.15) is 10.4 Å². The maximum Gasteiger partial charge on any atom is 0.339 e. The number of nitrogens with two attached hydrogens (primary N) is 4. The molecule has 0 aliphatic heterocycles. The summed E-state index contributed by atoms with van der Waals surface area (Å²) in [7, 11) is 1.18. The van der Waals surface area contributed by atoms with E-state index in [9.17, 15) is 14.4 Å². The number of rotatable bonds is 4. The van der Waals surface area contributed by atoms with Crippen LogP contribution in [-0.2, 0) is 4.74 Å². The molecule has 11 heteroatoms. The number of thioether (sulfide) groups is 1. The molecule has 0 atom stereocenters. The van der Waals surface area contributed by atoms with Crippen LogP contribution in [0.15, 0.2) is 17.0 Å². The van der Waals surface area contributed by atoms with Crippen LogP contribution in [0.5, 0.6) is 0 Å². The summed E-state index contributed by atoms with van der Waals surface area (Å²) in [6.45, 7) is 0. The molecule has 22 heavy (non-hydrogen) atoms. The van der Waals surface area contributed by atoms with Gasteiger partial charge in [0.05, 0.1) is 24.0 Å². The molecule has 0 saturated carbocycles. The Morgan fingerprint density at radius 3 is 2.05 bits per heavy atom. The number of esters is 1. The van der Waals surface area contributed by atoms with Gasteiger partial charge in [0.15, 0.2) is 0 Å². The van der Waals surface area contributed by atoms with E-state index in [0.717, 1.165) is 11.8 Å². The lowest BCUT2D eigenvalue weighted by Gasteiger charge is -2.22. The van der Waals surface area contributed by atoms with Gasteiger partial charge in [-0.1, -0.05) is 0 Å². The first-order valence-electron chi connectivity index (χ1n) is 5.73. The first-order chi connectivity index (χ1) is 10.2. The van der Waals surface area contributed by atoms with Gasteiger partial charge in [-0.15, -0.1) is 11.8 Å². The van der Waals surface area contributed by atoms with Gasteiger partial charge in [-0.3, -0.25) is 0 Å². The number of urea groups is 2. The Morgan fingerprint density at radius 1 is 1.09 bits per heavy atom. The van der Waals surface area contributed by atoms with E-state index in [0.29, 0.717) is 14.9 Å². The van der Waals surface area contributed by atoms with Gasteiger partial charge in [-0.05, 0) is 18.4 Å². The van der Waals surface area contributed by atoms with E-state index >= 15 is 0 Å². The lowest BCUT2D eigenvalue weighted by atomic mass is 10.1. The van der Waals surface area contributed by atoms with Crippen LogP contribution in [0.3, 0.4) is 0 Å². The van der Waals surface area contributed by atoms with Gasteiger partial charge >= 0.3 is 18.0 Å². The van der Waals surface area contributed by atoms with Crippen molar-refractivity contribution in [3.05, 3.63) is 17.7 Å². The third kappa shape index (κ3) is 3.39. The summed E-state index contributed by atoms with van der Waals surface area (Å²) in [5.74, 6) is 10.4. The second-order valence-corrected chi connectivity index (χ2v) is 4.77. The second kappa shape index (κ2) is 6.98. The number of anilines is 2. The summed E-state index contributed by atoms with van der Waals surface area (Å²) in [4.78, 5) is 34.7. The SMILES string of the molecule is COC(=O)c1cc(N(N)C(N)=O)cc(N(N)C(N)=O)c1SC. The van der Waals surface area contributed by atoms with Crippen molar-refractivity contribution in [1.82, 2.24) is 0 Å². The molecular weight excluding hydrogens is 312 g/mol. The first kappa shape index (κ1) is 17.6. The number of hydrogen-bond acceptors (Lipinski definition) is 7. The van der Waals surface area contributed by atoms with Gasteiger partial charge in [0.1, 0.15) is 0 Å². The van der Waals surface area contributed by atoms with Gasteiger partial charge in [-0.2, -0.15) is 0 Å². The molecule has 0 saturated heterocycles. The van der Waals surface area contributed by atoms with E-state index in [4.69, 9.17) is 23.2 Å². The molecule has 0 aliphatic rings. The number of benzene rings is 1. The molecule has 8 N–H and O–H groups in total. The Hall–Kier alpha value is -2.50. The zero-order chi connectivity index (χ0) is 17.0. The summed E-state index contributed by atoms with van der Waals surface area (Å²) >= 11 is 1.13. The van der Waals surface area contributed by atoms with Crippen LogP contribution in [0.2, 0.25) is 0 Å². The van der Waals surface area contributed by atoms with Crippen molar-refractivity contribution in [2.24, 2.45) is 23.2 Å². The molecule has 0 heterocycles. The van der Waals surface area contributed by atoms with Gasteiger partial charge in [0.2, 0.25) is 0 Å². The zero-order valence-electron chi connectivity index (χ0n) is 11.9. The van der Waals surface area contributed by atoms with E-state index in [1.165, 1.54) is 19.2 Å². The van der Waals surface area contributed by atoms with Crippen LogP contribution < -0.4 is 33.2 Å². The van der Waals surface area contributed by atoms with E-state index < -0.39 is 18.0 Å². The smallest absolute Gasteiger partial charge is 0.339 e. The minimum Gasteiger partial charge on any atom is -0.465 e. The number of nitrogens with zero attached hydrogens (tertiary/aromatic N) is 2. The van der Waals surface area contributed by atoms with Crippen molar-refractivity contribution >= 4 is 41.2 Å². The van der Waals surface area contributed by atoms with Crippen molar-refractivity contribution in [3.8, 4) is 0 Å². The van der Waals surface area contributed by atoms with E-state index in [-0.39, 0.29) is 16.9 Å². The standard InChI is InChI=1S/C11H16N6O4S/c1-21-9(18)6-3-5(16(14)10(12)19)4-7(8(6)22-2)17(15)11(13)20/h3-4H,14-15H2,1-2H3,(H2,12,19)(H2,13,20). The van der Waals surface area contributed by atoms with Crippen molar-refractivity contribution in [3.63, 3.8) is 0 Å². The molecule has 0 spiro atoms. The highest BCUT2D eigenvalue weighted by atomic mass is 32.2. The summed E-state index contributed by atoms with van der Waals surface area (Å²) in [5.41, 5.74) is 10.4. The van der Waals surface area contributed by atoms with Crippen LogP contribution in [0, 0.1) is 0 Å². The molecule has 1 rings (SSSR count). The third-order valence-electron chi connectivity index (χ3n) is 2.68. The highest BCUT2D eigenvalue weighted by molar-refractivity contribution is 7.98. The van der Waals surface area contributed by atoms with Crippen LogP contribution in [-0.4, -0.2) is 31.4 Å². The molecular formula is C11H16N6O4S. The average molecular weight is 328 g/mol. The van der Waals surface area contributed by atoms with Gasteiger partial charge in [0, 0.05) is 4.90 Å². The van der Waals surface area contributed by atoms with Gasteiger partial charge < -0.3 is 16.2 Å². The number of hydrazine groups is 2. The van der Waals surface area contributed by atoms with Crippen molar-refractivity contribution in [2.45, 2.75) is 4.90 Å². The highest BCUT2D eigenvalue weighted by Gasteiger charge is 2.23. The fourth-order valence-electron chi connectivity index (χ4n) is 1.64. The maximum atomic E-state index is 11.9. The van der Waals surface area contributed by atoms with Crippen LogP contribution in [0.4, 0.5) is 21.0 Å². The molecule has 1 aromatic carbocycles. The number of primary amides is 2. The molecule has 0 unspecified atom stereocenters. The minimum atomic E-state index is -0.971. The van der Waals surface area contributed by atoms with E-state index in [2.05, 4.69) is 4.74 Å². The molecule has 10 nitrogen and oxygen atoms in total. The number of carbonyl (C=O) groups excluding carboxylic acids is 3. The van der Waals surface area contributed by atoms with Crippen LogP contribution >= 0.6 is 11.8 Å². The molecule has 1 aromatic rings. The molecule has 0 fully saturated rings. The number of ether oxygens (including phenoxy) is 1. The fourth-order valence-corrected chi connectivity index (χ4v) is 2.37. The Balaban J connectivity index is 3.65. The molecule has 0 aromatic heterocycles. The Kier molecular flexibility index (Phi) is 5.56. The molecule has 120 valence electrons. The lowest BCUT2D eigenvalue weighted by molar-refractivity contribution is 0.0597. The normalized spacial score (nSPS) is 10.0. The second-order valence-electron chi connectivity index (χ2n) is 3.95. The maximum absolute atomic E-state index is 11.9. The van der Waals surface area contributed by atoms with Gasteiger partial charge in [-0.25, -0.2) is 36.1 Å². The van der Waals surface area contributed by atoms with Gasteiger partial charge in [0.25, 0.3) is 0 Å². The molecule has 0 radical (unpaired) electrons. The summed E-state index contributed by atoms with van der Waals surface area (Å²) in [5, 5.41) is 1.21. The Labute approximate surface area is 130 Å². The Morgan fingerprint density at radius 2 is 1.64 bits per heavy atom. The molecule has 0 aliphatic carbocycles. The monoisotopic (exact) mass is 328 g/mol. The largest absolute Gasteiger partial charge is 0.465 e. The fraction of sp³-hybridized carbons (Fsp3) is 0.182. The van der Waals surface area contributed by atoms with Crippen molar-refractivity contribution in [1.29, 1.82) is 0 Å². The van der Waals surface area contributed by atoms with E-state index in [1.54, 1.807) is 6.26 Å². The highest BCUT2D eigenvalue weighted by Crippen LogP contribution is 2.35.